The van der Waals surface area contributed by atoms with Gasteiger partial charge in [0.05, 0.1) is 17.6 Å². The minimum Gasteiger partial charge on any atom is -0.476 e. The van der Waals surface area contributed by atoms with E-state index < -0.39 is 17.6 Å². The number of carbonyl (C=O) groups is 3. The lowest BCUT2D eigenvalue weighted by Gasteiger charge is -2.41. The van der Waals surface area contributed by atoms with Crippen LogP contribution in [0.3, 0.4) is 0 Å². The number of aromatic carboxylic acids is 1. The quantitative estimate of drug-likeness (QED) is 0.477. The van der Waals surface area contributed by atoms with E-state index in [4.69, 9.17) is 4.74 Å². The summed E-state index contributed by atoms with van der Waals surface area (Å²) in [6.07, 6.45) is 3.06. The standard InChI is InChI=1S/C26H26N4O5/c1-30-14-21(23(29-30)24(32)33)27-22(31)13-26(11-6-12-26)28-25(34)35-15-20-18-9-4-2-7-16(18)17-8-3-5-10-19(17)20/h2-5,7-10,14,20H,6,11-13,15H2,1H3,(H,27,31)(H,28,34)(H,32,33). The van der Waals surface area contributed by atoms with E-state index in [1.165, 1.54) is 10.9 Å². The average molecular weight is 475 g/mol. The minimum absolute atomic E-state index is 0.0190. The van der Waals surface area contributed by atoms with Crippen LogP contribution in [0.4, 0.5) is 10.5 Å². The Balaban J connectivity index is 1.22. The van der Waals surface area contributed by atoms with Crippen LogP contribution in [0.1, 0.15) is 53.2 Å². The highest BCUT2D eigenvalue weighted by atomic mass is 16.5. The Labute approximate surface area is 202 Å². The third kappa shape index (κ3) is 4.37. The van der Waals surface area contributed by atoms with Crippen molar-refractivity contribution in [3.8, 4) is 11.1 Å². The molecule has 0 bridgehead atoms. The number of fused-ring (bicyclic) bond motifs is 3. The number of ether oxygens (including phenoxy) is 1. The molecule has 2 amide bonds. The van der Waals surface area contributed by atoms with E-state index in [1.54, 1.807) is 7.05 Å². The average Bonchev–Trinajstić information content (AvgIpc) is 3.33. The van der Waals surface area contributed by atoms with Crippen molar-refractivity contribution in [3.05, 3.63) is 71.5 Å². The molecular formula is C26H26N4O5. The van der Waals surface area contributed by atoms with Crippen LogP contribution >= 0.6 is 0 Å². The summed E-state index contributed by atoms with van der Waals surface area (Å²) < 4.78 is 6.98. The number of hydrogen-bond acceptors (Lipinski definition) is 5. The van der Waals surface area contributed by atoms with Gasteiger partial charge >= 0.3 is 12.1 Å². The van der Waals surface area contributed by atoms with E-state index in [1.807, 2.05) is 24.3 Å². The van der Waals surface area contributed by atoms with Crippen LogP contribution in [-0.2, 0) is 16.6 Å². The van der Waals surface area contributed by atoms with Crippen LogP contribution in [0.25, 0.3) is 11.1 Å². The van der Waals surface area contributed by atoms with E-state index in [9.17, 15) is 19.5 Å². The van der Waals surface area contributed by atoms with E-state index >= 15 is 0 Å². The molecule has 1 heterocycles. The second kappa shape index (κ2) is 8.90. The molecule has 0 radical (unpaired) electrons. The van der Waals surface area contributed by atoms with Gasteiger partial charge in [-0.3, -0.25) is 9.48 Å². The number of amides is 2. The summed E-state index contributed by atoms with van der Waals surface area (Å²) in [7, 11) is 1.58. The van der Waals surface area contributed by atoms with Gasteiger partial charge in [0, 0.05) is 19.2 Å². The highest BCUT2D eigenvalue weighted by Crippen LogP contribution is 2.44. The number of aromatic nitrogens is 2. The topological polar surface area (TPSA) is 123 Å². The van der Waals surface area contributed by atoms with Gasteiger partial charge in [0.25, 0.3) is 0 Å². The van der Waals surface area contributed by atoms with Gasteiger partial charge in [-0.2, -0.15) is 5.10 Å². The van der Waals surface area contributed by atoms with Crippen LogP contribution in [-0.4, -0.2) is 45.0 Å². The summed E-state index contributed by atoms with van der Waals surface area (Å²) in [6, 6.07) is 16.2. The molecule has 2 aliphatic rings. The predicted molar refractivity (Wildman–Crippen MR) is 128 cm³/mol. The van der Waals surface area contributed by atoms with Crippen LogP contribution in [0.2, 0.25) is 0 Å². The maximum atomic E-state index is 12.8. The van der Waals surface area contributed by atoms with Gasteiger partial charge in [-0.05, 0) is 41.5 Å². The fraction of sp³-hybridized carbons (Fsp3) is 0.308. The maximum absolute atomic E-state index is 12.8. The molecule has 35 heavy (non-hydrogen) atoms. The predicted octanol–water partition coefficient (Wildman–Crippen LogP) is 3.91. The molecular weight excluding hydrogens is 448 g/mol. The minimum atomic E-state index is -1.23. The van der Waals surface area contributed by atoms with Crippen molar-refractivity contribution in [1.29, 1.82) is 0 Å². The summed E-state index contributed by atoms with van der Waals surface area (Å²) in [4.78, 5) is 36.8. The van der Waals surface area contributed by atoms with Gasteiger partial charge in [-0.15, -0.1) is 0 Å². The largest absolute Gasteiger partial charge is 0.476 e. The summed E-state index contributed by atoms with van der Waals surface area (Å²) in [5.41, 5.74) is 3.75. The van der Waals surface area contributed by atoms with E-state index in [-0.39, 0.29) is 36.2 Å². The summed E-state index contributed by atoms with van der Waals surface area (Å²) >= 11 is 0. The number of aryl methyl sites for hydroxylation is 1. The Bertz CT molecular complexity index is 1270. The number of hydrogen-bond donors (Lipinski definition) is 3. The first-order valence-electron chi connectivity index (χ1n) is 11.6. The van der Waals surface area contributed by atoms with Gasteiger partial charge in [0.1, 0.15) is 6.61 Å². The highest BCUT2D eigenvalue weighted by molar-refractivity contribution is 5.99. The number of nitrogens with zero attached hydrogens (tertiary/aromatic N) is 2. The normalized spacial score (nSPS) is 15.5. The van der Waals surface area contributed by atoms with Crippen LogP contribution in [0.5, 0.6) is 0 Å². The van der Waals surface area contributed by atoms with E-state index in [2.05, 4.69) is 40.0 Å². The van der Waals surface area contributed by atoms with E-state index in [0.717, 1.165) is 28.7 Å². The molecule has 2 aromatic carbocycles. The third-order valence-electron chi connectivity index (χ3n) is 6.83. The zero-order valence-electron chi connectivity index (χ0n) is 19.3. The summed E-state index contributed by atoms with van der Waals surface area (Å²) in [5, 5.41) is 18.6. The van der Waals surface area contributed by atoms with Crippen molar-refractivity contribution in [2.75, 3.05) is 11.9 Å². The van der Waals surface area contributed by atoms with Crippen LogP contribution in [0, 0.1) is 0 Å². The van der Waals surface area contributed by atoms with Gasteiger partial charge in [0.2, 0.25) is 5.91 Å². The van der Waals surface area contributed by atoms with Crippen molar-refractivity contribution >= 4 is 23.7 Å². The summed E-state index contributed by atoms with van der Waals surface area (Å²) in [6.45, 7) is 0.194. The third-order valence-corrected chi connectivity index (χ3v) is 6.83. The number of carboxylic acid groups (broad SMARTS) is 1. The molecule has 0 aliphatic heterocycles. The van der Waals surface area contributed by atoms with Crippen LogP contribution in [0.15, 0.2) is 54.7 Å². The van der Waals surface area contributed by atoms with Gasteiger partial charge in [-0.1, -0.05) is 48.5 Å². The number of benzene rings is 2. The second-order valence-electron chi connectivity index (χ2n) is 9.18. The Morgan fingerprint density at radius 1 is 1.09 bits per heavy atom. The molecule has 1 saturated carbocycles. The first-order valence-corrected chi connectivity index (χ1v) is 11.6. The summed E-state index contributed by atoms with van der Waals surface area (Å²) in [5.74, 6) is -1.66. The lowest BCUT2D eigenvalue weighted by Crippen LogP contribution is -2.55. The molecule has 9 heteroatoms. The zero-order valence-corrected chi connectivity index (χ0v) is 19.3. The molecule has 1 aromatic heterocycles. The van der Waals surface area contributed by atoms with Gasteiger partial charge < -0.3 is 20.5 Å². The number of carboxylic acids is 1. The molecule has 180 valence electrons. The SMILES string of the molecule is Cn1cc(NC(=O)CC2(NC(=O)OCC3c4ccccc4-c4ccccc43)CCC2)c(C(=O)O)n1. The van der Waals surface area contributed by atoms with E-state index in [0.29, 0.717) is 12.8 Å². The Kier molecular flexibility index (Phi) is 5.76. The van der Waals surface area contributed by atoms with Crippen molar-refractivity contribution in [2.24, 2.45) is 7.05 Å². The first kappa shape index (κ1) is 22.6. The highest BCUT2D eigenvalue weighted by Gasteiger charge is 2.41. The molecule has 0 saturated heterocycles. The smallest absolute Gasteiger partial charge is 0.407 e. The molecule has 9 nitrogen and oxygen atoms in total. The molecule has 0 atom stereocenters. The van der Waals surface area contributed by atoms with Crippen molar-refractivity contribution in [3.63, 3.8) is 0 Å². The molecule has 3 aromatic rings. The van der Waals surface area contributed by atoms with Gasteiger partial charge in [0.15, 0.2) is 5.69 Å². The second-order valence-corrected chi connectivity index (χ2v) is 9.18. The molecule has 1 fully saturated rings. The number of nitrogens with one attached hydrogen (secondary N) is 2. The molecule has 0 unspecified atom stereocenters. The molecule has 0 spiro atoms. The molecule has 5 rings (SSSR count). The fourth-order valence-electron chi connectivity index (χ4n) is 5.04. The first-order chi connectivity index (χ1) is 16.8. The van der Waals surface area contributed by atoms with Crippen LogP contribution < -0.4 is 10.6 Å². The number of alkyl carbamates (subject to hydrolysis) is 1. The molecule has 2 aliphatic carbocycles. The Morgan fingerprint density at radius 3 is 2.29 bits per heavy atom. The molecule has 3 N–H and O–H groups in total. The lowest BCUT2D eigenvalue weighted by atomic mass is 9.74. The van der Waals surface area contributed by atoms with Gasteiger partial charge in [-0.25, -0.2) is 9.59 Å². The number of carbonyl (C=O) groups excluding carboxylic acids is 2. The number of rotatable bonds is 7. The van der Waals surface area contributed by atoms with Crippen molar-refractivity contribution in [1.82, 2.24) is 15.1 Å². The monoisotopic (exact) mass is 474 g/mol. The maximum Gasteiger partial charge on any atom is 0.407 e. The Morgan fingerprint density at radius 2 is 1.71 bits per heavy atom. The van der Waals surface area contributed by atoms with Crippen molar-refractivity contribution in [2.45, 2.75) is 37.1 Å². The zero-order chi connectivity index (χ0) is 24.6. The Hall–Kier alpha value is -4.14. The number of anilines is 1. The van der Waals surface area contributed by atoms with Crippen molar-refractivity contribution < 1.29 is 24.2 Å². The fourth-order valence-corrected chi connectivity index (χ4v) is 5.04. The lowest BCUT2D eigenvalue weighted by molar-refractivity contribution is -0.118.